The molecule has 1 aliphatic rings. The Bertz CT molecular complexity index is 1770. The molecule has 2 aromatic carbocycles. The molecule has 1 saturated carbocycles. The number of pyridine rings is 1. The molecule has 5 rings (SSSR count). The van der Waals surface area contributed by atoms with Crippen molar-refractivity contribution in [1.29, 1.82) is 0 Å². The Kier molecular flexibility index (Phi) is 9.24. The van der Waals surface area contributed by atoms with Crippen molar-refractivity contribution in [2.45, 2.75) is 31.9 Å². The molecule has 1 fully saturated rings. The highest BCUT2D eigenvalue weighted by Gasteiger charge is 2.52. The average Bonchev–Trinajstić information content (AvgIpc) is 3.04. The average molecular weight is 625 g/mol. The normalized spacial score (nSPS) is 19.3. The number of amides is 2. The van der Waals surface area contributed by atoms with Crippen LogP contribution < -0.4 is 16.0 Å². The van der Waals surface area contributed by atoms with E-state index < -0.39 is 34.4 Å². The smallest absolute Gasteiger partial charge is 0.312 e. The minimum atomic E-state index is -1.15. The van der Waals surface area contributed by atoms with E-state index >= 15 is 0 Å². The number of carbonyl (C=O) groups is 4. The molecule has 0 bridgehead atoms. The van der Waals surface area contributed by atoms with E-state index in [9.17, 15) is 19.2 Å². The lowest BCUT2D eigenvalue weighted by Crippen LogP contribution is -2.52. The molecule has 11 nitrogen and oxygen atoms in total. The standard InChI is InChI=1S/C33H32N6O5S/c1-19-16-23(9-10-24(19)38-32-35-15-12-25(39-32)21-7-5-14-34-18-21)36-29(41)20-6-4-8-22(17-20)37-30(42)27-26(40)11-13-33(2,28(27)45)31(43)44-3/h4-10,12,14-18,27-28,45H,11,13H2,1-3H3,(H,36,41)(H,37,42)(H,35,38,39)/t27-,28+,33+/m1/s1. The van der Waals surface area contributed by atoms with Gasteiger partial charge in [0.2, 0.25) is 11.9 Å². The minimum Gasteiger partial charge on any atom is -0.469 e. The number of Topliss-reactive ketones (excluding diaryl/α,β-unsaturated/α-hetero) is 1. The van der Waals surface area contributed by atoms with Gasteiger partial charge in [-0.3, -0.25) is 24.2 Å². The molecule has 0 saturated heterocycles. The van der Waals surface area contributed by atoms with Gasteiger partial charge in [-0.25, -0.2) is 9.97 Å². The number of hydrogen-bond acceptors (Lipinski definition) is 10. The van der Waals surface area contributed by atoms with Gasteiger partial charge >= 0.3 is 5.97 Å². The fourth-order valence-corrected chi connectivity index (χ4v) is 5.77. The zero-order valence-corrected chi connectivity index (χ0v) is 25.8. The number of aryl methyl sites for hydroxylation is 1. The molecule has 0 spiro atoms. The first-order chi connectivity index (χ1) is 21.6. The zero-order chi connectivity index (χ0) is 32.1. The van der Waals surface area contributed by atoms with Gasteiger partial charge in [-0.2, -0.15) is 12.6 Å². The number of ketones is 1. The highest BCUT2D eigenvalue weighted by Crippen LogP contribution is 2.42. The molecule has 2 amide bonds. The topological polar surface area (TPSA) is 152 Å². The Morgan fingerprint density at radius 1 is 1.00 bits per heavy atom. The van der Waals surface area contributed by atoms with Crippen LogP contribution in [0.1, 0.15) is 35.7 Å². The molecule has 0 unspecified atom stereocenters. The number of aromatic nitrogens is 3. The van der Waals surface area contributed by atoms with Gasteiger partial charge < -0.3 is 20.7 Å². The predicted octanol–water partition coefficient (Wildman–Crippen LogP) is 5.24. The van der Waals surface area contributed by atoms with Crippen molar-refractivity contribution < 1.29 is 23.9 Å². The van der Waals surface area contributed by atoms with Gasteiger partial charge in [0.25, 0.3) is 5.91 Å². The van der Waals surface area contributed by atoms with Crippen LogP contribution in [0, 0.1) is 18.3 Å². The number of carbonyl (C=O) groups excluding carboxylic acids is 4. The minimum absolute atomic E-state index is 0.0573. The third-order valence-electron chi connectivity index (χ3n) is 7.88. The lowest BCUT2D eigenvalue weighted by atomic mass is 9.69. The van der Waals surface area contributed by atoms with Crippen molar-refractivity contribution in [3.63, 3.8) is 0 Å². The summed E-state index contributed by atoms with van der Waals surface area (Å²) in [6.45, 7) is 3.54. The second-order valence-electron chi connectivity index (χ2n) is 11.0. The summed E-state index contributed by atoms with van der Waals surface area (Å²) >= 11 is 4.51. The molecule has 1 aliphatic carbocycles. The molecule has 0 aliphatic heterocycles. The van der Waals surface area contributed by atoms with E-state index in [1.54, 1.807) is 55.8 Å². The molecule has 0 radical (unpaired) electrons. The van der Waals surface area contributed by atoms with Crippen molar-refractivity contribution in [2.24, 2.45) is 11.3 Å². The van der Waals surface area contributed by atoms with Gasteiger partial charge in [0.05, 0.1) is 18.2 Å². The molecule has 3 N–H and O–H groups in total. The Balaban J connectivity index is 1.24. The highest BCUT2D eigenvalue weighted by atomic mass is 32.1. The van der Waals surface area contributed by atoms with E-state index in [0.717, 1.165) is 22.5 Å². The maximum atomic E-state index is 13.2. The number of methoxy groups -OCH3 is 1. The first kappa shape index (κ1) is 31.3. The van der Waals surface area contributed by atoms with Crippen LogP contribution >= 0.6 is 12.6 Å². The number of benzene rings is 2. The van der Waals surface area contributed by atoms with Gasteiger partial charge in [0.1, 0.15) is 11.7 Å². The van der Waals surface area contributed by atoms with Gasteiger partial charge in [-0.1, -0.05) is 6.07 Å². The third kappa shape index (κ3) is 6.86. The van der Waals surface area contributed by atoms with Crippen LogP contribution in [0.25, 0.3) is 11.3 Å². The number of hydrogen-bond donors (Lipinski definition) is 4. The van der Waals surface area contributed by atoms with Crippen LogP contribution in [0.4, 0.5) is 23.0 Å². The van der Waals surface area contributed by atoms with Crippen LogP contribution in [0.15, 0.2) is 79.3 Å². The molecule has 230 valence electrons. The summed E-state index contributed by atoms with van der Waals surface area (Å²) in [6.07, 6.45) is 5.40. The summed E-state index contributed by atoms with van der Waals surface area (Å²) < 4.78 is 4.91. The van der Waals surface area contributed by atoms with E-state index in [2.05, 4.69) is 43.5 Å². The maximum Gasteiger partial charge on any atom is 0.312 e. The summed E-state index contributed by atoms with van der Waals surface area (Å²) in [7, 11) is 1.27. The van der Waals surface area contributed by atoms with Crippen LogP contribution in [0.3, 0.4) is 0 Å². The molecule has 2 heterocycles. The first-order valence-corrected chi connectivity index (χ1v) is 14.7. The van der Waals surface area contributed by atoms with Crippen molar-refractivity contribution in [2.75, 3.05) is 23.1 Å². The predicted molar refractivity (Wildman–Crippen MR) is 173 cm³/mol. The quantitative estimate of drug-likeness (QED) is 0.117. The number of rotatable bonds is 8. The molecular formula is C33H32N6O5S. The summed E-state index contributed by atoms with van der Waals surface area (Å²) in [4.78, 5) is 64.5. The van der Waals surface area contributed by atoms with Crippen molar-refractivity contribution in [3.05, 3.63) is 90.4 Å². The van der Waals surface area contributed by atoms with E-state index in [0.29, 0.717) is 22.9 Å². The highest BCUT2D eigenvalue weighted by molar-refractivity contribution is 7.81. The number of nitrogens with one attached hydrogen (secondary N) is 3. The molecule has 2 aromatic heterocycles. The Labute approximate surface area is 265 Å². The SMILES string of the molecule is COC(=O)[C@@]1(C)CCC(=O)[C@@H](C(=O)Nc2cccc(C(=O)Nc3ccc(Nc4nccc(-c5cccnc5)n4)c(C)c3)c2)[C@@H]1S. The van der Waals surface area contributed by atoms with Crippen LogP contribution in [0.2, 0.25) is 0 Å². The van der Waals surface area contributed by atoms with Gasteiger partial charge in [0.15, 0.2) is 0 Å². The fourth-order valence-electron chi connectivity index (χ4n) is 5.23. The summed E-state index contributed by atoms with van der Waals surface area (Å²) in [5.74, 6) is -2.54. The third-order valence-corrected chi connectivity index (χ3v) is 8.74. The maximum absolute atomic E-state index is 13.2. The van der Waals surface area contributed by atoms with E-state index in [4.69, 9.17) is 4.74 Å². The lowest BCUT2D eigenvalue weighted by Gasteiger charge is -2.39. The lowest BCUT2D eigenvalue weighted by molar-refractivity contribution is -0.155. The number of thiol groups is 1. The van der Waals surface area contributed by atoms with Gasteiger partial charge in [-0.15, -0.1) is 0 Å². The van der Waals surface area contributed by atoms with Crippen molar-refractivity contribution >= 4 is 59.2 Å². The number of esters is 1. The molecular weight excluding hydrogens is 592 g/mol. The molecule has 45 heavy (non-hydrogen) atoms. The number of ether oxygens (including phenoxy) is 1. The Hall–Kier alpha value is -5.10. The molecule has 12 heteroatoms. The largest absolute Gasteiger partial charge is 0.469 e. The van der Waals surface area contributed by atoms with E-state index in [1.807, 2.05) is 31.2 Å². The van der Waals surface area contributed by atoms with Crippen molar-refractivity contribution in [3.8, 4) is 11.3 Å². The van der Waals surface area contributed by atoms with Gasteiger partial charge in [0, 0.05) is 58.5 Å². The summed E-state index contributed by atoms with van der Waals surface area (Å²) in [6, 6.07) is 17.3. The van der Waals surface area contributed by atoms with Crippen LogP contribution in [-0.4, -0.2) is 50.9 Å². The fraction of sp³-hybridized carbons (Fsp3) is 0.242. The van der Waals surface area contributed by atoms with Crippen molar-refractivity contribution in [1.82, 2.24) is 15.0 Å². The van der Waals surface area contributed by atoms with Crippen LogP contribution in [-0.2, 0) is 19.1 Å². The number of nitrogens with zero attached hydrogens (tertiary/aromatic N) is 3. The first-order valence-electron chi connectivity index (χ1n) is 14.2. The van der Waals surface area contributed by atoms with E-state index in [-0.39, 0.29) is 18.6 Å². The van der Waals surface area contributed by atoms with E-state index in [1.165, 1.54) is 13.2 Å². The summed E-state index contributed by atoms with van der Waals surface area (Å²) in [5, 5.41) is 7.94. The molecule has 4 aromatic rings. The zero-order valence-electron chi connectivity index (χ0n) is 24.9. The Morgan fingerprint density at radius 2 is 1.80 bits per heavy atom. The monoisotopic (exact) mass is 624 g/mol. The van der Waals surface area contributed by atoms with Gasteiger partial charge in [-0.05, 0) is 80.4 Å². The van der Waals surface area contributed by atoms with Crippen LogP contribution in [0.5, 0.6) is 0 Å². The second kappa shape index (κ2) is 13.3. The molecule has 3 atom stereocenters. The Morgan fingerprint density at radius 3 is 2.53 bits per heavy atom. The second-order valence-corrected chi connectivity index (χ2v) is 11.5. The summed E-state index contributed by atoms with van der Waals surface area (Å²) in [5.41, 5.74) is 3.32. The number of anilines is 4.